The van der Waals surface area contributed by atoms with Crippen molar-refractivity contribution in [3.63, 3.8) is 0 Å². The molecule has 1 N–H and O–H groups in total. The first-order chi connectivity index (χ1) is 13.5. The Hall–Kier alpha value is -2.57. The second-order valence-corrected chi connectivity index (χ2v) is 8.04. The van der Waals surface area contributed by atoms with Crippen molar-refractivity contribution in [3.8, 4) is 5.75 Å². The summed E-state index contributed by atoms with van der Waals surface area (Å²) in [5, 5.41) is 6.99. The molecule has 2 aliphatic heterocycles. The summed E-state index contributed by atoms with van der Waals surface area (Å²) in [5.74, 6) is 1.17. The topological polar surface area (TPSA) is 80.2 Å². The van der Waals surface area contributed by atoms with Crippen molar-refractivity contribution < 1.29 is 19.2 Å². The van der Waals surface area contributed by atoms with E-state index in [1.54, 1.807) is 6.92 Å². The van der Waals surface area contributed by atoms with Gasteiger partial charge in [-0.05, 0) is 37.8 Å². The van der Waals surface area contributed by atoms with Gasteiger partial charge in [-0.1, -0.05) is 23.4 Å². The van der Waals surface area contributed by atoms with Crippen LogP contribution in [0.3, 0.4) is 0 Å². The number of rotatable bonds is 6. The molecule has 2 amide bonds. The van der Waals surface area contributed by atoms with E-state index in [4.69, 9.17) is 9.57 Å². The summed E-state index contributed by atoms with van der Waals surface area (Å²) in [6.07, 6.45) is 3.70. The molecule has 7 heteroatoms. The maximum absolute atomic E-state index is 12.7. The van der Waals surface area contributed by atoms with Crippen LogP contribution in [0.25, 0.3) is 0 Å². The Bertz CT molecular complexity index is 752. The molecule has 1 saturated carbocycles. The number of nitrogens with zero attached hydrogens (tertiary/aromatic N) is 2. The third-order valence-electron chi connectivity index (χ3n) is 5.74. The molecular formula is C21H27N3O4. The molecule has 4 rings (SSSR count). The number of ether oxygens (including phenoxy) is 1. The fourth-order valence-electron chi connectivity index (χ4n) is 3.72. The molecule has 7 nitrogen and oxygen atoms in total. The molecule has 1 unspecified atom stereocenters. The van der Waals surface area contributed by atoms with E-state index in [0.29, 0.717) is 49.7 Å². The number of carbonyl (C=O) groups is 2. The highest BCUT2D eigenvalue weighted by molar-refractivity contribution is 6.39. The largest absolute Gasteiger partial charge is 0.481 e. The first kappa shape index (κ1) is 18.8. The number of hydrogen-bond acceptors (Lipinski definition) is 5. The molecule has 150 valence electrons. The van der Waals surface area contributed by atoms with E-state index in [9.17, 15) is 9.59 Å². The normalized spacial score (nSPS) is 21.6. The monoisotopic (exact) mass is 385 g/mol. The van der Waals surface area contributed by atoms with Gasteiger partial charge in [0.1, 0.15) is 17.1 Å². The SMILES string of the molecule is CC(Oc1ccccc1)C(=O)N1CCC2(CC1)CC(C(=O)NCC1CC1)=NO2. The molecule has 1 saturated heterocycles. The molecule has 0 bridgehead atoms. The zero-order valence-corrected chi connectivity index (χ0v) is 16.2. The van der Waals surface area contributed by atoms with Crippen LogP contribution in [0, 0.1) is 5.92 Å². The Morgan fingerprint density at radius 1 is 1.29 bits per heavy atom. The number of hydrogen-bond donors (Lipinski definition) is 1. The van der Waals surface area contributed by atoms with Crippen LogP contribution in [-0.2, 0) is 14.4 Å². The fourth-order valence-corrected chi connectivity index (χ4v) is 3.72. The molecule has 0 aromatic heterocycles. The number of carbonyl (C=O) groups excluding carboxylic acids is 2. The van der Waals surface area contributed by atoms with Gasteiger partial charge in [-0.25, -0.2) is 0 Å². The number of oxime groups is 1. The van der Waals surface area contributed by atoms with Crippen LogP contribution < -0.4 is 10.1 Å². The summed E-state index contributed by atoms with van der Waals surface area (Å²) in [6.45, 7) is 3.66. The molecule has 1 aromatic carbocycles. The summed E-state index contributed by atoms with van der Waals surface area (Å²) < 4.78 is 5.75. The molecule has 2 heterocycles. The number of amides is 2. The minimum atomic E-state index is -0.541. The number of para-hydroxylation sites is 1. The van der Waals surface area contributed by atoms with E-state index in [0.717, 1.165) is 6.54 Å². The van der Waals surface area contributed by atoms with Gasteiger partial charge in [0, 0.05) is 38.9 Å². The second kappa shape index (κ2) is 7.81. The molecule has 1 aliphatic carbocycles. The van der Waals surface area contributed by atoms with Crippen molar-refractivity contribution in [1.29, 1.82) is 0 Å². The van der Waals surface area contributed by atoms with Gasteiger partial charge in [0.2, 0.25) is 0 Å². The average molecular weight is 385 g/mol. The van der Waals surface area contributed by atoms with Gasteiger partial charge in [-0.3, -0.25) is 9.59 Å². The highest BCUT2D eigenvalue weighted by atomic mass is 16.7. The summed E-state index contributed by atoms with van der Waals surface area (Å²) in [6, 6.07) is 9.36. The number of piperidine rings is 1. The average Bonchev–Trinajstić information content (AvgIpc) is 3.46. The van der Waals surface area contributed by atoms with Crippen LogP contribution in [-0.4, -0.2) is 53.8 Å². The van der Waals surface area contributed by atoms with Gasteiger partial charge >= 0.3 is 0 Å². The number of benzene rings is 1. The van der Waals surface area contributed by atoms with E-state index >= 15 is 0 Å². The van der Waals surface area contributed by atoms with Gasteiger partial charge in [0.05, 0.1) is 0 Å². The molecule has 1 aromatic rings. The Morgan fingerprint density at radius 2 is 2.00 bits per heavy atom. The summed E-state index contributed by atoms with van der Waals surface area (Å²) in [5.41, 5.74) is 0.0215. The molecule has 1 atom stereocenters. The maximum atomic E-state index is 12.7. The van der Waals surface area contributed by atoms with Crippen LogP contribution in [0.15, 0.2) is 35.5 Å². The van der Waals surface area contributed by atoms with Crippen LogP contribution in [0.2, 0.25) is 0 Å². The van der Waals surface area contributed by atoms with Crippen LogP contribution in [0.4, 0.5) is 0 Å². The maximum Gasteiger partial charge on any atom is 0.269 e. The minimum absolute atomic E-state index is 0.0278. The smallest absolute Gasteiger partial charge is 0.269 e. The first-order valence-corrected chi connectivity index (χ1v) is 10.1. The Kier molecular flexibility index (Phi) is 5.24. The number of likely N-dealkylation sites (tertiary alicyclic amines) is 1. The predicted octanol–water partition coefficient (Wildman–Crippen LogP) is 2.12. The van der Waals surface area contributed by atoms with Crippen molar-refractivity contribution in [2.45, 2.75) is 50.7 Å². The third-order valence-corrected chi connectivity index (χ3v) is 5.74. The molecular weight excluding hydrogens is 358 g/mol. The molecule has 28 heavy (non-hydrogen) atoms. The summed E-state index contributed by atoms with van der Waals surface area (Å²) >= 11 is 0. The Morgan fingerprint density at radius 3 is 2.68 bits per heavy atom. The van der Waals surface area contributed by atoms with E-state index in [1.807, 2.05) is 35.2 Å². The zero-order valence-electron chi connectivity index (χ0n) is 16.2. The number of nitrogens with one attached hydrogen (secondary N) is 1. The van der Waals surface area contributed by atoms with Crippen molar-refractivity contribution in [3.05, 3.63) is 30.3 Å². The molecule has 3 aliphatic rings. The summed E-state index contributed by atoms with van der Waals surface area (Å²) in [7, 11) is 0. The van der Waals surface area contributed by atoms with Crippen molar-refractivity contribution in [1.82, 2.24) is 10.2 Å². The first-order valence-electron chi connectivity index (χ1n) is 10.1. The Labute approximate surface area is 165 Å². The lowest BCUT2D eigenvalue weighted by molar-refractivity contribution is -0.143. The van der Waals surface area contributed by atoms with E-state index in [-0.39, 0.29) is 11.8 Å². The molecule has 0 radical (unpaired) electrons. The van der Waals surface area contributed by atoms with Crippen LogP contribution >= 0.6 is 0 Å². The van der Waals surface area contributed by atoms with Crippen LogP contribution in [0.5, 0.6) is 5.75 Å². The van der Waals surface area contributed by atoms with Gasteiger partial charge in [-0.15, -0.1) is 0 Å². The zero-order chi connectivity index (χ0) is 19.6. The lowest BCUT2D eigenvalue weighted by Gasteiger charge is -2.38. The Balaban J connectivity index is 1.25. The van der Waals surface area contributed by atoms with Crippen molar-refractivity contribution >= 4 is 17.5 Å². The highest BCUT2D eigenvalue weighted by Gasteiger charge is 2.45. The standard InChI is InChI=1S/C21H27N3O4/c1-15(27-17-5-3-2-4-6-17)20(26)24-11-9-21(10-12-24)13-18(23-28-21)19(25)22-14-16-7-8-16/h2-6,15-16H,7-14H2,1H3,(H,22,25). The third kappa shape index (κ3) is 4.29. The van der Waals surface area contributed by atoms with Gasteiger partial charge in [0.25, 0.3) is 11.8 Å². The summed E-state index contributed by atoms with van der Waals surface area (Å²) in [4.78, 5) is 32.4. The fraction of sp³-hybridized carbons (Fsp3) is 0.571. The quantitative estimate of drug-likeness (QED) is 0.813. The van der Waals surface area contributed by atoms with Crippen molar-refractivity contribution in [2.75, 3.05) is 19.6 Å². The van der Waals surface area contributed by atoms with Gasteiger partial charge in [0.15, 0.2) is 6.10 Å². The molecule has 1 spiro atoms. The highest BCUT2D eigenvalue weighted by Crippen LogP contribution is 2.35. The van der Waals surface area contributed by atoms with Crippen LogP contribution in [0.1, 0.15) is 39.0 Å². The lowest BCUT2D eigenvalue weighted by Crippen LogP contribution is -2.50. The molecule has 2 fully saturated rings. The van der Waals surface area contributed by atoms with Gasteiger partial charge < -0.3 is 19.8 Å². The second-order valence-electron chi connectivity index (χ2n) is 8.04. The minimum Gasteiger partial charge on any atom is -0.481 e. The van der Waals surface area contributed by atoms with Crippen molar-refractivity contribution in [2.24, 2.45) is 11.1 Å². The van der Waals surface area contributed by atoms with Gasteiger partial charge in [-0.2, -0.15) is 0 Å². The predicted molar refractivity (Wildman–Crippen MR) is 104 cm³/mol. The van der Waals surface area contributed by atoms with E-state index in [1.165, 1.54) is 12.8 Å². The van der Waals surface area contributed by atoms with E-state index < -0.39 is 11.7 Å². The lowest BCUT2D eigenvalue weighted by atomic mass is 9.86. The van der Waals surface area contributed by atoms with E-state index in [2.05, 4.69) is 10.5 Å².